The van der Waals surface area contributed by atoms with Gasteiger partial charge in [-0.2, -0.15) is 0 Å². The van der Waals surface area contributed by atoms with Gasteiger partial charge in [-0.25, -0.2) is 4.39 Å². The zero-order chi connectivity index (χ0) is 11.8. The number of aromatic amines is 1. The molecule has 1 aliphatic carbocycles. The number of nitrogens with one attached hydrogen (secondary N) is 2. The van der Waals surface area contributed by atoms with Gasteiger partial charge in [0, 0.05) is 17.1 Å². The predicted molar refractivity (Wildman–Crippen MR) is 67.7 cm³/mol. The van der Waals surface area contributed by atoms with Crippen molar-refractivity contribution in [3.63, 3.8) is 0 Å². The first-order valence-electron chi connectivity index (χ1n) is 6.25. The average molecular weight is 232 g/mol. The van der Waals surface area contributed by atoms with Gasteiger partial charge in [-0.1, -0.05) is 12.1 Å². The third-order valence-corrected chi connectivity index (χ3v) is 3.49. The van der Waals surface area contributed by atoms with Gasteiger partial charge in [-0.3, -0.25) is 0 Å². The molecule has 2 nitrogen and oxygen atoms in total. The van der Waals surface area contributed by atoms with Crippen LogP contribution in [0.1, 0.15) is 24.1 Å². The standard InChI is InChI=1S/C14H17FN2/c1-9-11(7-8-16-10-5-6-10)12-3-2-4-13(15)14(12)17-9/h2-4,10,16-17H,5-8H2,1H3. The van der Waals surface area contributed by atoms with Crippen LogP contribution in [0.3, 0.4) is 0 Å². The molecule has 0 amide bonds. The minimum Gasteiger partial charge on any atom is -0.356 e. The van der Waals surface area contributed by atoms with E-state index in [9.17, 15) is 4.39 Å². The van der Waals surface area contributed by atoms with E-state index in [1.54, 1.807) is 6.07 Å². The van der Waals surface area contributed by atoms with E-state index < -0.39 is 0 Å². The molecule has 0 spiro atoms. The second-order valence-electron chi connectivity index (χ2n) is 4.87. The summed E-state index contributed by atoms with van der Waals surface area (Å²) in [6, 6.07) is 6.01. The fraction of sp³-hybridized carbons (Fsp3) is 0.429. The molecule has 2 aromatic rings. The Morgan fingerprint density at radius 3 is 3.00 bits per heavy atom. The van der Waals surface area contributed by atoms with Gasteiger partial charge in [-0.05, 0) is 44.4 Å². The Balaban J connectivity index is 1.86. The highest BCUT2D eigenvalue weighted by Crippen LogP contribution is 2.25. The number of hydrogen-bond donors (Lipinski definition) is 2. The van der Waals surface area contributed by atoms with E-state index in [0.29, 0.717) is 5.52 Å². The molecule has 0 radical (unpaired) electrons. The van der Waals surface area contributed by atoms with Crippen molar-refractivity contribution in [3.05, 3.63) is 35.3 Å². The topological polar surface area (TPSA) is 27.8 Å². The van der Waals surface area contributed by atoms with Crippen LogP contribution in [0.15, 0.2) is 18.2 Å². The van der Waals surface area contributed by atoms with Crippen molar-refractivity contribution in [2.45, 2.75) is 32.2 Å². The lowest BCUT2D eigenvalue weighted by Crippen LogP contribution is -2.19. The first-order valence-corrected chi connectivity index (χ1v) is 6.25. The molecule has 1 saturated carbocycles. The summed E-state index contributed by atoms with van der Waals surface area (Å²) in [6.07, 6.45) is 3.58. The number of hydrogen-bond acceptors (Lipinski definition) is 1. The number of benzene rings is 1. The van der Waals surface area contributed by atoms with Gasteiger partial charge in [0.15, 0.2) is 0 Å². The van der Waals surface area contributed by atoms with E-state index in [1.807, 2.05) is 13.0 Å². The molecule has 1 aromatic carbocycles. The summed E-state index contributed by atoms with van der Waals surface area (Å²) in [7, 11) is 0. The maximum absolute atomic E-state index is 13.6. The molecular formula is C14H17FN2. The van der Waals surface area contributed by atoms with Crippen molar-refractivity contribution >= 4 is 10.9 Å². The summed E-state index contributed by atoms with van der Waals surface area (Å²) < 4.78 is 13.6. The number of rotatable bonds is 4. The molecule has 3 rings (SSSR count). The van der Waals surface area contributed by atoms with Crippen LogP contribution in [0, 0.1) is 12.7 Å². The number of halogens is 1. The Labute approximate surface area is 100 Å². The van der Waals surface area contributed by atoms with E-state index in [-0.39, 0.29) is 5.82 Å². The monoisotopic (exact) mass is 232 g/mol. The molecular weight excluding hydrogens is 215 g/mol. The minimum atomic E-state index is -0.160. The lowest BCUT2D eigenvalue weighted by atomic mass is 10.1. The summed E-state index contributed by atoms with van der Waals surface area (Å²) in [5, 5.41) is 4.52. The highest BCUT2D eigenvalue weighted by molar-refractivity contribution is 5.85. The van der Waals surface area contributed by atoms with Gasteiger partial charge in [-0.15, -0.1) is 0 Å². The number of aryl methyl sites for hydroxylation is 1. The van der Waals surface area contributed by atoms with Crippen molar-refractivity contribution in [2.24, 2.45) is 0 Å². The molecule has 2 N–H and O–H groups in total. The van der Waals surface area contributed by atoms with Crippen LogP contribution in [0.4, 0.5) is 4.39 Å². The van der Waals surface area contributed by atoms with E-state index >= 15 is 0 Å². The Morgan fingerprint density at radius 2 is 2.24 bits per heavy atom. The van der Waals surface area contributed by atoms with Gasteiger partial charge in [0.05, 0.1) is 5.52 Å². The van der Waals surface area contributed by atoms with Crippen molar-refractivity contribution in [1.82, 2.24) is 10.3 Å². The lowest BCUT2D eigenvalue weighted by molar-refractivity contribution is 0.637. The highest BCUT2D eigenvalue weighted by atomic mass is 19.1. The molecule has 90 valence electrons. The van der Waals surface area contributed by atoms with Crippen LogP contribution in [0.2, 0.25) is 0 Å². The van der Waals surface area contributed by atoms with E-state index in [2.05, 4.69) is 10.3 Å². The highest BCUT2D eigenvalue weighted by Gasteiger charge is 2.20. The molecule has 0 atom stereocenters. The summed E-state index contributed by atoms with van der Waals surface area (Å²) in [5.74, 6) is -0.160. The van der Waals surface area contributed by atoms with Gasteiger partial charge in [0.25, 0.3) is 0 Å². The molecule has 0 bridgehead atoms. The molecule has 3 heteroatoms. The Kier molecular flexibility index (Phi) is 2.63. The summed E-state index contributed by atoms with van der Waals surface area (Å²) in [4.78, 5) is 3.15. The zero-order valence-electron chi connectivity index (χ0n) is 10.0. The van der Waals surface area contributed by atoms with Gasteiger partial charge in [0.1, 0.15) is 5.82 Å². The lowest BCUT2D eigenvalue weighted by Gasteiger charge is -2.03. The van der Waals surface area contributed by atoms with E-state index in [0.717, 1.165) is 30.1 Å². The molecule has 0 saturated heterocycles. The Bertz CT molecular complexity index is 540. The minimum absolute atomic E-state index is 0.160. The third kappa shape index (κ3) is 2.07. The zero-order valence-corrected chi connectivity index (χ0v) is 10.0. The van der Waals surface area contributed by atoms with E-state index in [4.69, 9.17) is 0 Å². The number of H-pyrrole nitrogens is 1. The first-order chi connectivity index (χ1) is 8.25. The van der Waals surface area contributed by atoms with Crippen LogP contribution in [0.25, 0.3) is 10.9 Å². The normalized spacial score (nSPS) is 15.6. The fourth-order valence-electron chi connectivity index (χ4n) is 2.38. The van der Waals surface area contributed by atoms with E-state index in [1.165, 1.54) is 24.5 Å². The maximum Gasteiger partial charge on any atom is 0.147 e. The van der Waals surface area contributed by atoms with Crippen LogP contribution < -0.4 is 5.32 Å². The molecule has 1 aliphatic rings. The SMILES string of the molecule is Cc1[nH]c2c(F)cccc2c1CCNC1CC1. The fourth-order valence-corrected chi connectivity index (χ4v) is 2.38. The summed E-state index contributed by atoms with van der Waals surface area (Å²) >= 11 is 0. The van der Waals surface area contributed by atoms with Crippen molar-refractivity contribution in [2.75, 3.05) is 6.54 Å². The van der Waals surface area contributed by atoms with Crippen LogP contribution >= 0.6 is 0 Å². The molecule has 0 unspecified atom stereocenters. The van der Waals surface area contributed by atoms with Crippen molar-refractivity contribution in [1.29, 1.82) is 0 Å². The Morgan fingerprint density at radius 1 is 1.41 bits per heavy atom. The smallest absolute Gasteiger partial charge is 0.147 e. The summed E-state index contributed by atoms with van der Waals surface area (Å²) in [6.45, 7) is 3.00. The van der Waals surface area contributed by atoms with Crippen molar-refractivity contribution in [3.8, 4) is 0 Å². The third-order valence-electron chi connectivity index (χ3n) is 3.49. The predicted octanol–water partition coefficient (Wildman–Crippen LogP) is 2.91. The van der Waals surface area contributed by atoms with Gasteiger partial charge in [0.2, 0.25) is 0 Å². The largest absolute Gasteiger partial charge is 0.356 e. The van der Waals surface area contributed by atoms with Crippen LogP contribution in [0.5, 0.6) is 0 Å². The molecule has 1 heterocycles. The molecule has 1 aromatic heterocycles. The average Bonchev–Trinajstić information content (AvgIpc) is 3.06. The number of para-hydroxylation sites is 1. The Hall–Kier alpha value is -1.35. The van der Waals surface area contributed by atoms with Gasteiger partial charge >= 0.3 is 0 Å². The molecule has 1 fully saturated rings. The first kappa shape index (κ1) is 10.8. The second-order valence-corrected chi connectivity index (χ2v) is 4.87. The maximum atomic E-state index is 13.6. The number of fused-ring (bicyclic) bond motifs is 1. The molecule has 0 aliphatic heterocycles. The van der Waals surface area contributed by atoms with Crippen LogP contribution in [-0.2, 0) is 6.42 Å². The van der Waals surface area contributed by atoms with Crippen molar-refractivity contribution < 1.29 is 4.39 Å². The second kappa shape index (κ2) is 4.15. The van der Waals surface area contributed by atoms with Gasteiger partial charge < -0.3 is 10.3 Å². The quantitative estimate of drug-likeness (QED) is 0.833. The summed E-state index contributed by atoms with van der Waals surface area (Å²) in [5.41, 5.74) is 2.97. The molecule has 17 heavy (non-hydrogen) atoms. The van der Waals surface area contributed by atoms with Crippen LogP contribution in [-0.4, -0.2) is 17.6 Å². The number of aromatic nitrogens is 1.